The number of phenols is 1. The maximum atomic E-state index is 12.3. The van der Waals surface area contributed by atoms with Crippen molar-refractivity contribution in [2.24, 2.45) is 5.10 Å². The van der Waals surface area contributed by atoms with Gasteiger partial charge < -0.3 is 14.6 Å². The maximum absolute atomic E-state index is 12.3. The molecule has 0 aliphatic heterocycles. The third-order valence-electron chi connectivity index (χ3n) is 3.38. The number of aromatic hydroxyl groups is 1. The zero-order chi connectivity index (χ0) is 20.0. The van der Waals surface area contributed by atoms with Crippen LogP contribution in [0.3, 0.4) is 0 Å². The summed E-state index contributed by atoms with van der Waals surface area (Å²) in [7, 11) is 1.27. The molecule has 1 amide bonds. The van der Waals surface area contributed by atoms with Crippen LogP contribution in [-0.4, -0.2) is 35.9 Å². The molecule has 0 saturated heterocycles. The summed E-state index contributed by atoms with van der Waals surface area (Å²) in [4.78, 5) is 22.7. The molecule has 2 aromatic rings. The van der Waals surface area contributed by atoms with Gasteiger partial charge in [-0.1, -0.05) is 15.9 Å². The Hall–Kier alpha value is -3.14. The summed E-state index contributed by atoms with van der Waals surface area (Å²) < 4.78 is 11.0. The average molecular weight is 438 g/mol. The molecule has 0 spiro atoms. The average Bonchev–Trinajstić information content (AvgIpc) is 2.64. The number of rotatable bonds is 7. The van der Waals surface area contributed by atoms with Gasteiger partial charge in [0.25, 0.3) is 11.6 Å². The summed E-state index contributed by atoms with van der Waals surface area (Å²) in [5, 5.41) is 24.8. The molecule has 9 nitrogen and oxygen atoms in total. The van der Waals surface area contributed by atoms with Crippen LogP contribution < -0.4 is 14.9 Å². The van der Waals surface area contributed by atoms with Crippen molar-refractivity contribution in [2.75, 3.05) is 13.7 Å². The van der Waals surface area contributed by atoms with Crippen LogP contribution in [0.5, 0.6) is 17.2 Å². The van der Waals surface area contributed by atoms with Crippen molar-refractivity contribution in [3.8, 4) is 17.2 Å². The van der Waals surface area contributed by atoms with Crippen LogP contribution in [-0.2, 0) is 0 Å². The van der Waals surface area contributed by atoms with Gasteiger partial charge in [-0.3, -0.25) is 14.9 Å². The Morgan fingerprint density at radius 1 is 1.37 bits per heavy atom. The number of amides is 1. The van der Waals surface area contributed by atoms with E-state index in [1.165, 1.54) is 7.11 Å². The number of nitrogens with one attached hydrogen (secondary N) is 1. The number of nitro groups is 1. The zero-order valence-corrected chi connectivity index (χ0v) is 16.0. The number of phenolic OH excluding ortho intramolecular Hbond substituents is 1. The van der Waals surface area contributed by atoms with Crippen LogP contribution in [0.4, 0.5) is 5.69 Å². The molecule has 0 heterocycles. The monoisotopic (exact) mass is 437 g/mol. The molecule has 0 bridgehead atoms. The molecule has 142 valence electrons. The molecule has 2 aromatic carbocycles. The maximum Gasteiger partial charge on any atom is 0.275 e. The van der Waals surface area contributed by atoms with Crippen LogP contribution in [0.1, 0.15) is 22.8 Å². The minimum atomic E-state index is -0.631. The Balaban J connectivity index is 2.25. The van der Waals surface area contributed by atoms with E-state index >= 15 is 0 Å². The van der Waals surface area contributed by atoms with E-state index in [0.29, 0.717) is 16.8 Å². The summed E-state index contributed by atoms with van der Waals surface area (Å²) in [5.41, 5.74) is 2.27. The second-order valence-corrected chi connectivity index (χ2v) is 6.03. The molecule has 27 heavy (non-hydrogen) atoms. The summed E-state index contributed by atoms with van der Waals surface area (Å²) in [6.07, 6.45) is 1.08. The van der Waals surface area contributed by atoms with Crippen LogP contribution in [0, 0.1) is 10.1 Å². The minimum Gasteiger partial charge on any atom is -0.504 e. The number of hydrogen-bond donors (Lipinski definition) is 2. The van der Waals surface area contributed by atoms with Gasteiger partial charge in [0.2, 0.25) is 0 Å². The number of hydrogen-bond acceptors (Lipinski definition) is 7. The fourth-order valence-electron chi connectivity index (χ4n) is 2.16. The number of carbonyl (C=O) groups is 1. The molecule has 10 heteroatoms. The zero-order valence-electron chi connectivity index (χ0n) is 14.4. The van der Waals surface area contributed by atoms with Gasteiger partial charge in [0, 0.05) is 16.1 Å². The molecule has 0 fully saturated rings. The lowest BCUT2D eigenvalue weighted by atomic mass is 10.1. The fourth-order valence-corrected chi connectivity index (χ4v) is 2.52. The molecule has 0 unspecified atom stereocenters. The number of methoxy groups -OCH3 is 1. The molecular weight excluding hydrogens is 422 g/mol. The van der Waals surface area contributed by atoms with E-state index in [1.54, 1.807) is 25.1 Å². The Morgan fingerprint density at radius 2 is 2.11 bits per heavy atom. The Kier molecular flexibility index (Phi) is 6.72. The van der Waals surface area contributed by atoms with Crippen LogP contribution >= 0.6 is 15.9 Å². The molecule has 0 aliphatic rings. The first kappa shape index (κ1) is 20.2. The number of halogens is 1. The molecule has 0 radical (unpaired) electrons. The van der Waals surface area contributed by atoms with Crippen molar-refractivity contribution < 1.29 is 24.3 Å². The first-order valence-electron chi connectivity index (χ1n) is 7.68. The molecular formula is C17H16BrN3O6. The van der Waals surface area contributed by atoms with E-state index < -0.39 is 10.8 Å². The lowest BCUT2D eigenvalue weighted by molar-refractivity contribution is -0.385. The van der Waals surface area contributed by atoms with Gasteiger partial charge in [0.15, 0.2) is 11.5 Å². The van der Waals surface area contributed by atoms with Gasteiger partial charge in [-0.15, -0.1) is 0 Å². The Bertz CT molecular complexity index is 900. The number of hydrazone groups is 1. The van der Waals surface area contributed by atoms with Crippen molar-refractivity contribution in [1.29, 1.82) is 0 Å². The molecule has 0 aliphatic carbocycles. The van der Waals surface area contributed by atoms with Crippen molar-refractivity contribution >= 4 is 33.7 Å². The second kappa shape index (κ2) is 8.99. The first-order chi connectivity index (χ1) is 12.9. The third-order valence-corrected chi connectivity index (χ3v) is 3.87. The standard InChI is InChI=1S/C17H16BrN3O6/c1-3-27-14-5-4-11(18)7-13(14)17(23)20-19-9-10-6-12(21(24)25)8-15(26-2)16(10)22/h4-9,22H,3H2,1-2H3,(H,20,23)/b19-9+. The van der Waals surface area contributed by atoms with E-state index in [9.17, 15) is 20.0 Å². The predicted octanol–water partition coefficient (Wildman–Crippen LogP) is 3.23. The number of non-ortho nitro benzene ring substituents is 1. The SMILES string of the molecule is CCOc1ccc(Br)cc1C(=O)N/N=C/c1cc([N+](=O)[O-])cc(OC)c1O. The minimum absolute atomic E-state index is 0.0145. The van der Waals surface area contributed by atoms with Gasteiger partial charge in [-0.05, 0) is 25.1 Å². The third kappa shape index (κ3) is 4.94. The molecule has 0 aromatic heterocycles. The molecule has 2 N–H and O–H groups in total. The van der Waals surface area contributed by atoms with Gasteiger partial charge in [0.05, 0.1) is 36.5 Å². The van der Waals surface area contributed by atoms with Gasteiger partial charge >= 0.3 is 0 Å². The second-order valence-electron chi connectivity index (χ2n) is 5.12. The van der Waals surface area contributed by atoms with E-state index in [0.717, 1.165) is 18.3 Å². The van der Waals surface area contributed by atoms with Crippen LogP contribution in [0.2, 0.25) is 0 Å². The largest absolute Gasteiger partial charge is 0.504 e. The highest BCUT2D eigenvalue weighted by Gasteiger charge is 2.16. The lowest BCUT2D eigenvalue weighted by Gasteiger charge is -2.09. The highest BCUT2D eigenvalue weighted by Crippen LogP contribution is 2.33. The van der Waals surface area contributed by atoms with E-state index in [4.69, 9.17) is 9.47 Å². The number of carbonyl (C=O) groups excluding carboxylic acids is 1. The van der Waals surface area contributed by atoms with Crippen molar-refractivity contribution in [3.05, 3.63) is 56.0 Å². The summed E-state index contributed by atoms with van der Waals surface area (Å²) in [5.74, 6) is -0.581. The van der Waals surface area contributed by atoms with Gasteiger partial charge in [-0.2, -0.15) is 5.10 Å². The van der Waals surface area contributed by atoms with Crippen LogP contribution in [0.25, 0.3) is 0 Å². The highest BCUT2D eigenvalue weighted by molar-refractivity contribution is 9.10. The summed E-state index contributed by atoms with van der Waals surface area (Å²) in [6.45, 7) is 2.17. The quantitative estimate of drug-likeness (QED) is 0.389. The van der Waals surface area contributed by atoms with Crippen LogP contribution in [0.15, 0.2) is 39.9 Å². The summed E-state index contributed by atoms with van der Waals surface area (Å²) >= 11 is 3.28. The number of benzene rings is 2. The number of nitrogens with zero attached hydrogens (tertiary/aromatic N) is 2. The highest BCUT2D eigenvalue weighted by atomic mass is 79.9. The number of ether oxygens (including phenoxy) is 2. The molecule has 0 atom stereocenters. The van der Waals surface area contributed by atoms with Gasteiger partial charge in [0.1, 0.15) is 5.75 Å². The smallest absolute Gasteiger partial charge is 0.275 e. The topological polar surface area (TPSA) is 123 Å². The van der Waals surface area contributed by atoms with E-state index in [2.05, 4.69) is 26.5 Å². The van der Waals surface area contributed by atoms with E-state index in [1.807, 2.05) is 0 Å². The summed E-state index contributed by atoms with van der Waals surface area (Å²) in [6, 6.07) is 7.14. The van der Waals surface area contributed by atoms with Crippen molar-refractivity contribution in [3.63, 3.8) is 0 Å². The van der Waals surface area contributed by atoms with Gasteiger partial charge in [-0.25, -0.2) is 5.43 Å². The predicted molar refractivity (Wildman–Crippen MR) is 102 cm³/mol. The number of nitro benzene ring substituents is 1. The Labute approximate surface area is 162 Å². The van der Waals surface area contributed by atoms with Crippen molar-refractivity contribution in [1.82, 2.24) is 5.43 Å². The Morgan fingerprint density at radius 3 is 2.74 bits per heavy atom. The van der Waals surface area contributed by atoms with Crippen molar-refractivity contribution in [2.45, 2.75) is 6.92 Å². The normalized spacial score (nSPS) is 10.6. The lowest BCUT2D eigenvalue weighted by Crippen LogP contribution is -2.19. The fraction of sp³-hybridized carbons (Fsp3) is 0.176. The molecule has 2 rings (SSSR count). The van der Waals surface area contributed by atoms with E-state index in [-0.39, 0.29) is 28.3 Å². The first-order valence-corrected chi connectivity index (χ1v) is 8.47. The molecule has 0 saturated carbocycles.